The Bertz CT molecular complexity index is 922. The fourth-order valence-corrected chi connectivity index (χ4v) is 3.23. The maximum Gasteiger partial charge on any atom is 0.103 e. The van der Waals surface area contributed by atoms with Gasteiger partial charge in [-0.05, 0) is 36.6 Å². The Morgan fingerprint density at radius 3 is 2.91 bits per heavy atom. The van der Waals surface area contributed by atoms with Crippen LogP contribution < -0.4 is 4.90 Å². The summed E-state index contributed by atoms with van der Waals surface area (Å²) < 4.78 is 0. The number of fused-ring (bicyclic) bond motifs is 2. The fraction of sp³-hybridized carbons (Fsp3) is 0.158. The van der Waals surface area contributed by atoms with E-state index in [2.05, 4.69) is 65.3 Å². The van der Waals surface area contributed by atoms with Crippen molar-refractivity contribution < 1.29 is 0 Å². The minimum atomic E-state index is 0.632. The molecular formula is C19H15N3. The first-order chi connectivity index (χ1) is 10.8. The lowest BCUT2D eigenvalue weighted by molar-refractivity contribution is 0.999. The first kappa shape index (κ1) is 12.8. The highest BCUT2D eigenvalue weighted by atomic mass is 15.2. The van der Waals surface area contributed by atoms with E-state index in [9.17, 15) is 5.26 Å². The van der Waals surface area contributed by atoms with Crippen molar-refractivity contribution >= 4 is 22.3 Å². The van der Waals surface area contributed by atoms with Crippen molar-refractivity contribution in [2.45, 2.75) is 13.3 Å². The van der Waals surface area contributed by atoms with Gasteiger partial charge >= 0.3 is 0 Å². The Kier molecular flexibility index (Phi) is 2.83. The summed E-state index contributed by atoms with van der Waals surface area (Å²) >= 11 is 0. The van der Waals surface area contributed by atoms with Crippen molar-refractivity contribution in [3.05, 3.63) is 65.4 Å². The van der Waals surface area contributed by atoms with Gasteiger partial charge in [-0.15, -0.1) is 0 Å². The maximum atomic E-state index is 9.52. The van der Waals surface area contributed by atoms with Crippen LogP contribution in [0.2, 0.25) is 0 Å². The van der Waals surface area contributed by atoms with Gasteiger partial charge in [-0.25, -0.2) is 0 Å². The van der Waals surface area contributed by atoms with Gasteiger partial charge in [0.25, 0.3) is 0 Å². The lowest BCUT2D eigenvalue weighted by atomic mass is 10.1. The fourth-order valence-electron chi connectivity index (χ4n) is 3.23. The molecule has 1 aliphatic heterocycles. The van der Waals surface area contributed by atoms with E-state index >= 15 is 0 Å². The Balaban J connectivity index is 2.01. The number of hydrogen-bond donors (Lipinski definition) is 0. The predicted molar refractivity (Wildman–Crippen MR) is 88.3 cm³/mol. The maximum absolute atomic E-state index is 9.52. The molecule has 0 saturated heterocycles. The molecule has 0 aliphatic carbocycles. The summed E-state index contributed by atoms with van der Waals surface area (Å²) in [6, 6.07) is 16.9. The molecule has 2 aromatic carbocycles. The molecule has 2 heterocycles. The van der Waals surface area contributed by atoms with E-state index in [1.54, 1.807) is 6.20 Å². The van der Waals surface area contributed by atoms with Crippen molar-refractivity contribution in [1.29, 1.82) is 5.26 Å². The molecule has 0 N–H and O–H groups in total. The van der Waals surface area contributed by atoms with Crippen LogP contribution in [0.5, 0.6) is 0 Å². The van der Waals surface area contributed by atoms with Crippen molar-refractivity contribution in [1.82, 2.24) is 4.98 Å². The largest absolute Gasteiger partial charge is 0.339 e. The normalized spacial score (nSPS) is 13.2. The minimum absolute atomic E-state index is 0.632. The Hall–Kier alpha value is -2.86. The smallest absolute Gasteiger partial charge is 0.103 e. The highest BCUT2D eigenvalue weighted by molar-refractivity contribution is 5.97. The van der Waals surface area contributed by atoms with Crippen LogP contribution in [0.15, 0.2) is 48.7 Å². The number of anilines is 2. The van der Waals surface area contributed by atoms with Gasteiger partial charge in [-0.2, -0.15) is 5.26 Å². The Labute approximate surface area is 129 Å². The van der Waals surface area contributed by atoms with Crippen LogP contribution in [0.3, 0.4) is 0 Å². The number of aryl methyl sites for hydroxylation is 1. The lowest BCUT2D eigenvalue weighted by Crippen LogP contribution is -2.15. The molecule has 106 valence electrons. The first-order valence-corrected chi connectivity index (χ1v) is 7.43. The highest BCUT2D eigenvalue weighted by Gasteiger charge is 2.24. The number of nitrogens with zero attached hydrogens (tertiary/aromatic N) is 3. The molecule has 0 unspecified atom stereocenters. The molecule has 1 aliphatic rings. The standard InChI is InChI=1S/C19H15N3/c1-13-6-7-16-17(10-13)21-12-15(11-20)19(16)22-9-8-14-4-2-3-5-18(14)22/h2-7,10,12H,8-9H2,1H3. The average Bonchev–Trinajstić information content (AvgIpc) is 2.97. The second-order valence-corrected chi connectivity index (χ2v) is 5.68. The number of rotatable bonds is 1. The molecule has 0 amide bonds. The van der Waals surface area contributed by atoms with E-state index < -0.39 is 0 Å². The SMILES string of the molecule is Cc1ccc2c(N3CCc4ccccc43)c(C#N)cnc2c1. The van der Waals surface area contributed by atoms with Crippen LogP contribution in [-0.2, 0) is 6.42 Å². The van der Waals surface area contributed by atoms with Gasteiger partial charge in [-0.3, -0.25) is 4.98 Å². The second kappa shape index (κ2) is 4.85. The predicted octanol–water partition coefficient (Wildman–Crippen LogP) is 4.11. The molecule has 0 spiro atoms. The zero-order valence-corrected chi connectivity index (χ0v) is 12.4. The molecule has 0 fully saturated rings. The van der Waals surface area contributed by atoms with Gasteiger partial charge < -0.3 is 4.90 Å². The number of benzene rings is 2. The summed E-state index contributed by atoms with van der Waals surface area (Å²) in [5.41, 5.74) is 6.27. The van der Waals surface area contributed by atoms with Crippen molar-refractivity contribution in [2.75, 3.05) is 11.4 Å². The monoisotopic (exact) mass is 285 g/mol. The first-order valence-electron chi connectivity index (χ1n) is 7.43. The molecule has 0 radical (unpaired) electrons. The summed E-state index contributed by atoms with van der Waals surface area (Å²) in [6.07, 6.45) is 2.70. The number of pyridine rings is 1. The van der Waals surface area contributed by atoms with Crippen LogP contribution in [0.1, 0.15) is 16.7 Å². The Morgan fingerprint density at radius 2 is 2.05 bits per heavy atom. The quantitative estimate of drug-likeness (QED) is 0.675. The number of nitriles is 1. The molecule has 4 rings (SSSR count). The molecule has 1 aromatic heterocycles. The lowest BCUT2D eigenvalue weighted by Gasteiger charge is -2.22. The van der Waals surface area contributed by atoms with E-state index in [4.69, 9.17) is 0 Å². The van der Waals surface area contributed by atoms with E-state index in [-0.39, 0.29) is 0 Å². The molecule has 0 saturated carbocycles. The van der Waals surface area contributed by atoms with E-state index in [1.807, 2.05) is 0 Å². The molecule has 3 heteroatoms. The van der Waals surface area contributed by atoms with Gasteiger partial charge in [0.15, 0.2) is 0 Å². The van der Waals surface area contributed by atoms with Crippen LogP contribution in [0, 0.1) is 18.3 Å². The summed E-state index contributed by atoms with van der Waals surface area (Å²) in [5, 5.41) is 10.6. The van der Waals surface area contributed by atoms with Crippen LogP contribution in [0.25, 0.3) is 10.9 Å². The topological polar surface area (TPSA) is 39.9 Å². The van der Waals surface area contributed by atoms with Crippen LogP contribution in [-0.4, -0.2) is 11.5 Å². The summed E-state index contributed by atoms with van der Waals surface area (Å²) in [7, 11) is 0. The van der Waals surface area contributed by atoms with E-state index in [0.29, 0.717) is 5.56 Å². The highest BCUT2D eigenvalue weighted by Crippen LogP contribution is 2.39. The van der Waals surface area contributed by atoms with Gasteiger partial charge in [0.05, 0.1) is 16.8 Å². The van der Waals surface area contributed by atoms with E-state index in [0.717, 1.165) is 29.6 Å². The molecule has 0 atom stereocenters. The second-order valence-electron chi connectivity index (χ2n) is 5.68. The Morgan fingerprint density at radius 1 is 1.18 bits per heavy atom. The minimum Gasteiger partial charge on any atom is -0.339 e. The van der Waals surface area contributed by atoms with Gasteiger partial charge in [-0.1, -0.05) is 30.3 Å². The molecule has 0 bridgehead atoms. The third-order valence-corrected chi connectivity index (χ3v) is 4.27. The zero-order chi connectivity index (χ0) is 15.1. The number of hydrogen-bond acceptors (Lipinski definition) is 3. The third kappa shape index (κ3) is 1.85. The summed E-state index contributed by atoms with van der Waals surface area (Å²) in [4.78, 5) is 6.71. The molecule has 3 nitrogen and oxygen atoms in total. The van der Waals surface area contributed by atoms with Crippen LogP contribution in [0.4, 0.5) is 11.4 Å². The zero-order valence-electron chi connectivity index (χ0n) is 12.4. The molecule has 3 aromatic rings. The third-order valence-electron chi connectivity index (χ3n) is 4.27. The van der Waals surface area contributed by atoms with E-state index in [1.165, 1.54) is 16.8 Å². The van der Waals surface area contributed by atoms with Crippen molar-refractivity contribution in [3.8, 4) is 6.07 Å². The molecule has 22 heavy (non-hydrogen) atoms. The van der Waals surface area contributed by atoms with Crippen molar-refractivity contribution in [3.63, 3.8) is 0 Å². The van der Waals surface area contributed by atoms with Crippen molar-refractivity contribution in [2.24, 2.45) is 0 Å². The summed E-state index contributed by atoms with van der Waals surface area (Å²) in [6.45, 7) is 2.96. The van der Waals surface area contributed by atoms with Crippen LogP contribution >= 0.6 is 0 Å². The van der Waals surface area contributed by atoms with Gasteiger partial charge in [0.1, 0.15) is 6.07 Å². The summed E-state index contributed by atoms with van der Waals surface area (Å²) in [5.74, 6) is 0. The average molecular weight is 285 g/mol. The van der Waals surface area contributed by atoms with Gasteiger partial charge in [0, 0.05) is 23.8 Å². The number of para-hydroxylation sites is 1. The molecular weight excluding hydrogens is 270 g/mol. The van der Waals surface area contributed by atoms with Gasteiger partial charge in [0.2, 0.25) is 0 Å². The number of aromatic nitrogens is 1.